The highest BCUT2D eigenvalue weighted by atomic mass is 19.4. The molecule has 2 unspecified atom stereocenters. The molecule has 0 aliphatic carbocycles. The van der Waals surface area contributed by atoms with Crippen LogP contribution in [-0.2, 0) is 12.7 Å². The Balaban J connectivity index is 1.48. The fourth-order valence-corrected chi connectivity index (χ4v) is 4.63. The first-order chi connectivity index (χ1) is 12.9. The van der Waals surface area contributed by atoms with E-state index in [0.29, 0.717) is 12.1 Å². The highest BCUT2D eigenvalue weighted by Crippen LogP contribution is 2.41. The summed E-state index contributed by atoms with van der Waals surface area (Å²) in [4.78, 5) is 15.4. The third-order valence-electron chi connectivity index (χ3n) is 5.94. The summed E-state index contributed by atoms with van der Waals surface area (Å²) in [5.41, 5.74) is 0.695. The van der Waals surface area contributed by atoms with E-state index in [9.17, 15) is 18.0 Å². The van der Waals surface area contributed by atoms with Gasteiger partial charge < -0.3 is 0 Å². The molecule has 0 spiro atoms. The largest absolute Gasteiger partial charge is 0.416 e. The number of Topliss-reactive ketones (excluding diaryl/α,β-unsaturated/α-hetero) is 1. The minimum atomic E-state index is -4.42. The monoisotopic (exact) mass is 373 g/mol. The zero-order chi connectivity index (χ0) is 19.0. The van der Waals surface area contributed by atoms with Gasteiger partial charge in [0.25, 0.3) is 0 Å². The summed E-state index contributed by atoms with van der Waals surface area (Å²) in [6, 6.07) is 15.8. The van der Waals surface area contributed by atoms with E-state index in [1.807, 2.05) is 18.2 Å². The second-order valence-corrected chi connectivity index (χ2v) is 7.65. The molecule has 2 nitrogen and oxygen atoms in total. The SMILES string of the molecule is O=C(c1cccc(C(F)(F)F)c1)C1CC2CCC(C1)N2Cc1ccccc1. The van der Waals surface area contributed by atoms with Gasteiger partial charge in [-0.05, 0) is 43.4 Å². The molecule has 2 saturated heterocycles. The lowest BCUT2D eigenvalue weighted by Crippen LogP contribution is -2.44. The lowest BCUT2D eigenvalue weighted by Gasteiger charge is -2.38. The molecule has 2 atom stereocenters. The maximum absolute atomic E-state index is 12.9. The number of fused-ring (bicyclic) bond motifs is 2. The quantitative estimate of drug-likeness (QED) is 0.675. The fourth-order valence-electron chi connectivity index (χ4n) is 4.63. The number of piperidine rings is 1. The number of halogens is 3. The summed E-state index contributed by atoms with van der Waals surface area (Å²) in [5.74, 6) is -0.324. The van der Waals surface area contributed by atoms with Crippen LogP contribution in [0.1, 0.15) is 47.2 Å². The highest BCUT2D eigenvalue weighted by Gasteiger charge is 2.43. The zero-order valence-corrected chi connectivity index (χ0v) is 15.0. The standard InChI is InChI=1S/C22H22F3NO/c23-22(24,25)18-8-4-7-16(11-18)21(27)17-12-19-9-10-20(13-17)26(19)14-15-5-2-1-3-6-15/h1-8,11,17,19-20H,9-10,12-14H2. The topological polar surface area (TPSA) is 20.3 Å². The Hall–Kier alpha value is -2.14. The zero-order valence-electron chi connectivity index (χ0n) is 15.0. The molecular weight excluding hydrogens is 351 g/mol. The first kappa shape index (κ1) is 18.2. The summed E-state index contributed by atoms with van der Waals surface area (Å²) in [7, 11) is 0. The van der Waals surface area contributed by atoms with Crippen LogP contribution in [0.5, 0.6) is 0 Å². The van der Waals surface area contributed by atoms with Gasteiger partial charge in [-0.3, -0.25) is 9.69 Å². The number of carbonyl (C=O) groups is 1. The summed E-state index contributed by atoms with van der Waals surface area (Å²) < 4.78 is 38.8. The van der Waals surface area contributed by atoms with Crippen molar-refractivity contribution >= 4 is 5.78 Å². The van der Waals surface area contributed by atoms with Crippen molar-refractivity contribution in [3.8, 4) is 0 Å². The van der Waals surface area contributed by atoms with Crippen LogP contribution in [0.25, 0.3) is 0 Å². The third kappa shape index (κ3) is 3.79. The average Bonchev–Trinajstić information content (AvgIpc) is 2.89. The normalized spacial score (nSPS) is 25.5. The molecule has 0 amide bonds. The predicted molar refractivity (Wildman–Crippen MR) is 97.3 cm³/mol. The van der Waals surface area contributed by atoms with Crippen LogP contribution in [0.4, 0.5) is 13.2 Å². The Bertz CT molecular complexity index is 804. The van der Waals surface area contributed by atoms with Crippen LogP contribution < -0.4 is 0 Å². The molecule has 2 aromatic carbocycles. The highest BCUT2D eigenvalue weighted by molar-refractivity contribution is 5.98. The number of alkyl halides is 3. The first-order valence-corrected chi connectivity index (χ1v) is 9.43. The number of carbonyl (C=O) groups excluding carboxylic acids is 1. The Morgan fingerprint density at radius 2 is 1.63 bits per heavy atom. The summed E-state index contributed by atoms with van der Waals surface area (Å²) in [5, 5.41) is 0. The molecule has 4 rings (SSSR count). The maximum atomic E-state index is 12.9. The van der Waals surface area contributed by atoms with Gasteiger partial charge >= 0.3 is 6.18 Å². The first-order valence-electron chi connectivity index (χ1n) is 9.43. The lowest BCUT2D eigenvalue weighted by molar-refractivity contribution is -0.137. The Morgan fingerprint density at radius 1 is 0.963 bits per heavy atom. The van der Waals surface area contributed by atoms with Gasteiger partial charge in [-0.2, -0.15) is 13.2 Å². The van der Waals surface area contributed by atoms with E-state index >= 15 is 0 Å². The van der Waals surface area contributed by atoms with E-state index in [1.54, 1.807) is 0 Å². The molecule has 0 saturated carbocycles. The Morgan fingerprint density at radius 3 is 2.26 bits per heavy atom. The molecule has 0 N–H and O–H groups in total. The minimum Gasteiger partial charge on any atom is -0.294 e. The fraction of sp³-hybridized carbons (Fsp3) is 0.409. The number of nitrogens with zero attached hydrogens (tertiary/aromatic N) is 1. The molecule has 2 aliphatic heterocycles. The molecule has 142 valence electrons. The van der Waals surface area contributed by atoms with Gasteiger partial charge in [0.15, 0.2) is 5.78 Å². The molecule has 27 heavy (non-hydrogen) atoms. The van der Waals surface area contributed by atoms with Crippen LogP contribution in [0.2, 0.25) is 0 Å². The van der Waals surface area contributed by atoms with Crippen molar-refractivity contribution in [1.82, 2.24) is 4.90 Å². The average molecular weight is 373 g/mol. The van der Waals surface area contributed by atoms with Gasteiger partial charge in [0.1, 0.15) is 0 Å². The number of hydrogen-bond acceptors (Lipinski definition) is 2. The molecule has 2 fully saturated rings. The molecule has 0 aromatic heterocycles. The van der Waals surface area contributed by atoms with Crippen LogP contribution in [0.15, 0.2) is 54.6 Å². The van der Waals surface area contributed by atoms with E-state index in [1.165, 1.54) is 17.7 Å². The van der Waals surface area contributed by atoms with E-state index < -0.39 is 11.7 Å². The van der Waals surface area contributed by atoms with Crippen LogP contribution in [0.3, 0.4) is 0 Å². The van der Waals surface area contributed by atoms with Crippen LogP contribution >= 0.6 is 0 Å². The van der Waals surface area contributed by atoms with Gasteiger partial charge in [0, 0.05) is 30.1 Å². The van der Waals surface area contributed by atoms with Crippen molar-refractivity contribution in [3.05, 3.63) is 71.3 Å². The van der Waals surface area contributed by atoms with Crippen LogP contribution in [0, 0.1) is 5.92 Å². The molecule has 2 bridgehead atoms. The third-order valence-corrected chi connectivity index (χ3v) is 5.94. The molecule has 0 radical (unpaired) electrons. The van der Waals surface area contributed by atoms with Crippen molar-refractivity contribution in [2.75, 3.05) is 0 Å². The summed E-state index contributed by atoms with van der Waals surface area (Å²) >= 11 is 0. The van der Waals surface area contributed by atoms with Crippen LogP contribution in [-0.4, -0.2) is 22.8 Å². The minimum absolute atomic E-state index is 0.141. The van der Waals surface area contributed by atoms with E-state index in [-0.39, 0.29) is 17.3 Å². The number of rotatable bonds is 4. The predicted octanol–water partition coefficient (Wildman–Crippen LogP) is 5.33. The smallest absolute Gasteiger partial charge is 0.294 e. The molecule has 2 heterocycles. The van der Waals surface area contributed by atoms with Crippen molar-refractivity contribution in [2.45, 2.75) is 50.5 Å². The van der Waals surface area contributed by atoms with Gasteiger partial charge in [-0.1, -0.05) is 42.5 Å². The Kier molecular flexibility index (Phi) is 4.81. The van der Waals surface area contributed by atoms with Crippen molar-refractivity contribution in [3.63, 3.8) is 0 Å². The van der Waals surface area contributed by atoms with Crippen molar-refractivity contribution in [1.29, 1.82) is 0 Å². The second kappa shape index (κ2) is 7.12. The van der Waals surface area contributed by atoms with Gasteiger partial charge in [-0.25, -0.2) is 0 Å². The molecule has 2 aliphatic rings. The van der Waals surface area contributed by atoms with Crippen molar-refractivity contribution in [2.24, 2.45) is 5.92 Å². The van der Waals surface area contributed by atoms with E-state index in [0.717, 1.165) is 44.4 Å². The Labute approximate surface area is 157 Å². The molecular formula is C22H22F3NO. The van der Waals surface area contributed by atoms with E-state index in [2.05, 4.69) is 17.0 Å². The van der Waals surface area contributed by atoms with Gasteiger partial charge in [0.2, 0.25) is 0 Å². The molecule has 2 aromatic rings. The number of ketones is 1. The number of hydrogen-bond donors (Lipinski definition) is 0. The van der Waals surface area contributed by atoms with Gasteiger partial charge in [-0.15, -0.1) is 0 Å². The maximum Gasteiger partial charge on any atom is 0.416 e. The molecule has 5 heteroatoms. The lowest BCUT2D eigenvalue weighted by atomic mass is 9.84. The van der Waals surface area contributed by atoms with Gasteiger partial charge in [0.05, 0.1) is 5.56 Å². The van der Waals surface area contributed by atoms with E-state index in [4.69, 9.17) is 0 Å². The summed E-state index contributed by atoms with van der Waals surface area (Å²) in [6.45, 7) is 0.876. The van der Waals surface area contributed by atoms with Crippen molar-refractivity contribution < 1.29 is 18.0 Å². The second-order valence-electron chi connectivity index (χ2n) is 7.65. The number of benzene rings is 2. The summed E-state index contributed by atoms with van der Waals surface area (Å²) in [6.07, 6.45) is -0.834.